The van der Waals surface area contributed by atoms with Gasteiger partial charge in [-0.3, -0.25) is 13.9 Å². The van der Waals surface area contributed by atoms with Gasteiger partial charge in [0, 0.05) is 17.6 Å². The number of amides is 2. The van der Waals surface area contributed by atoms with Crippen LogP contribution in [0.5, 0.6) is 0 Å². The molecule has 0 spiro atoms. The Bertz CT molecular complexity index is 1100. The molecule has 2 amide bonds. The van der Waals surface area contributed by atoms with E-state index in [0.29, 0.717) is 17.9 Å². The van der Waals surface area contributed by atoms with Crippen LogP contribution < -0.4 is 9.62 Å². The highest BCUT2D eigenvalue weighted by molar-refractivity contribution is 7.92. The second kappa shape index (κ2) is 12.2. The minimum atomic E-state index is -3.92. The number of nitrogens with zero attached hydrogens (tertiary/aromatic N) is 2. The normalized spacial score (nSPS) is 13.1. The van der Waals surface area contributed by atoms with Gasteiger partial charge in [-0.25, -0.2) is 12.8 Å². The molecule has 0 aliphatic rings. The van der Waals surface area contributed by atoms with E-state index in [0.717, 1.165) is 22.2 Å². The molecule has 0 radical (unpaired) electrons. The molecule has 0 heterocycles. The maximum atomic E-state index is 13.8. The van der Waals surface area contributed by atoms with Crippen molar-refractivity contribution in [1.82, 2.24) is 10.2 Å². The highest BCUT2D eigenvalue weighted by Gasteiger charge is 2.32. The minimum Gasteiger partial charge on any atom is -0.352 e. The van der Waals surface area contributed by atoms with E-state index in [1.54, 1.807) is 31.2 Å². The van der Waals surface area contributed by atoms with Crippen LogP contribution in [-0.2, 0) is 26.2 Å². The van der Waals surface area contributed by atoms with E-state index in [4.69, 9.17) is 11.6 Å². The van der Waals surface area contributed by atoms with Gasteiger partial charge in [0.15, 0.2) is 0 Å². The Morgan fingerprint density at radius 3 is 2.26 bits per heavy atom. The summed E-state index contributed by atoms with van der Waals surface area (Å²) in [5, 5.41) is 3.42. The number of anilines is 1. The lowest BCUT2D eigenvalue weighted by Crippen LogP contribution is -2.53. The van der Waals surface area contributed by atoms with Gasteiger partial charge in [0.1, 0.15) is 18.4 Å². The molecule has 186 valence electrons. The van der Waals surface area contributed by atoms with Gasteiger partial charge in [0.2, 0.25) is 21.8 Å². The first kappa shape index (κ1) is 27.6. The van der Waals surface area contributed by atoms with E-state index >= 15 is 0 Å². The van der Waals surface area contributed by atoms with E-state index in [1.807, 2.05) is 13.8 Å². The van der Waals surface area contributed by atoms with Gasteiger partial charge >= 0.3 is 0 Å². The molecule has 0 aromatic heterocycles. The van der Waals surface area contributed by atoms with Gasteiger partial charge in [-0.15, -0.1) is 0 Å². The Kier molecular flexibility index (Phi) is 9.88. The minimum absolute atomic E-state index is 0.0272. The van der Waals surface area contributed by atoms with Crippen molar-refractivity contribution in [2.24, 2.45) is 0 Å². The summed E-state index contributed by atoms with van der Waals surface area (Å²) in [6.07, 6.45) is 1.98. The molecule has 0 saturated heterocycles. The first-order valence-corrected chi connectivity index (χ1v) is 13.3. The third-order valence-corrected chi connectivity index (χ3v) is 6.82. The molecule has 2 atom stereocenters. The van der Waals surface area contributed by atoms with Crippen molar-refractivity contribution < 1.29 is 22.4 Å². The molecule has 10 heteroatoms. The number of benzene rings is 2. The van der Waals surface area contributed by atoms with Crippen LogP contribution in [0.3, 0.4) is 0 Å². The fourth-order valence-corrected chi connectivity index (χ4v) is 4.36. The molecule has 2 rings (SSSR count). The van der Waals surface area contributed by atoms with Crippen molar-refractivity contribution in [3.63, 3.8) is 0 Å². The van der Waals surface area contributed by atoms with E-state index in [1.165, 1.54) is 23.1 Å². The molecular formula is C24H31ClFN3O4S. The molecule has 0 aliphatic heterocycles. The predicted molar refractivity (Wildman–Crippen MR) is 133 cm³/mol. The zero-order chi connectivity index (χ0) is 25.5. The van der Waals surface area contributed by atoms with Crippen LogP contribution in [0.2, 0.25) is 5.02 Å². The van der Waals surface area contributed by atoms with Crippen LogP contribution in [0.25, 0.3) is 0 Å². The maximum Gasteiger partial charge on any atom is 0.244 e. The van der Waals surface area contributed by atoms with E-state index in [2.05, 4.69) is 5.32 Å². The summed E-state index contributed by atoms with van der Waals surface area (Å²) >= 11 is 5.98. The number of hydrogen-bond acceptors (Lipinski definition) is 4. The molecule has 0 fully saturated rings. The number of sulfonamides is 1. The van der Waals surface area contributed by atoms with Crippen molar-refractivity contribution >= 4 is 39.1 Å². The number of halogens is 2. The highest BCUT2D eigenvalue weighted by Crippen LogP contribution is 2.21. The SMILES string of the molecule is CC[C@H](C)NC(=O)[C@H](CC)N(Cc1ccc(Cl)cc1)C(=O)CN(c1cccc(F)c1)S(C)(=O)=O. The smallest absolute Gasteiger partial charge is 0.244 e. The number of carbonyl (C=O) groups is 2. The van der Waals surface area contributed by atoms with Gasteiger partial charge in [-0.05, 0) is 55.7 Å². The second-order valence-electron chi connectivity index (χ2n) is 8.14. The summed E-state index contributed by atoms with van der Waals surface area (Å²) in [6, 6.07) is 10.9. The first-order valence-electron chi connectivity index (χ1n) is 11.0. The average Bonchev–Trinajstić information content (AvgIpc) is 2.77. The Morgan fingerprint density at radius 2 is 1.74 bits per heavy atom. The van der Waals surface area contributed by atoms with Crippen LogP contribution in [-0.4, -0.2) is 50.0 Å². The standard InChI is InChI=1S/C24H31ClFN3O4S/c1-5-17(3)27-24(31)22(6-2)28(15-18-10-12-19(25)13-11-18)23(30)16-29(34(4,32)33)21-9-7-8-20(26)14-21/h7-14,17,22H,5-6,15-16H2,1-4H3,(H,27,31)/t17-,22-/m0/s1. The fraction of sp³-hybridized carbons (Fsp3) is 0.417. The summed E-state index contributed by atoms with van der Waals surface area (Å²) in [7, 11) is -3.92. The molecule has 2 aromatic carbocycles. The topological polar surface area (TPSA) is 86.8 Å². The Balaban J connectivity index is 2.43. The Morgan fingerprint density at radius 1 is 1.09 bits per heavy atom. The first-order chi connectivity index (χ1) is 16.0. The lowest BCUT2D eigenvalue weighted by molar-refractivity contribution is -0.140. The van der Waals surface area contributed by atoms with Crippen molar-refractivity contribution in [3.05, 3.63) is 64.9 Å². The molecule has 34 heavy (non-hydrogen) atoms. The van der Waals surface area contributed by atoms with Gasteiger partial charge in [0.25, 0.3) is 0 Å². The molecule has 0 saturated carbocycles. The number of nitrogens with one attached hydrogen (secondary N) is 1. The lowest BCUT2D eigenvalue weighted by atomic mass is 10.1. The summed E-state index contributed by atoms with van der Waals surface area (Å²) in [4.78, 5) is 27.9. The maximum absolute atomic E-state index is 13.8. The third kappa shape index (κ3) is 7.70. The Labute approximate surface area is 205 Å². The largest absolute Gasteiger partial charge is 0.352 e. The van der Waals surface area contributed by atoms with Gasteiger partial charge in [-0.2, -0.15) is 0 Å². The van der Waals surface area contributed by atoms with Crippen LogP contribution in [0.4, 0.5) is 10.1 Å². The van der Waals surface area contributed by atoms with Gasteiger partial charge in [-0.1, -0.05) is 43.6 Å². The highest BCUT2D eigenvalue weighted by atomic mass is 35.5. The van der Waals surface area contributed by atoms with E-state index < -0.39 is 34.3 Å². The summed E-state index contributed by atoms with van der Waals surface area (Å²) in [6.45, 7) is 5.08. The van der Waals surface area contributed by atoms with Crippen LogP contribution in [0.1, 0.15) is 39.2 Å². The van der Waals surface area contributed by atoms with Gasteiger partial charge in [0.05, 0.1) is 11.9 Å². The summed E-state index contributed by atoms with van der Waals surface area (Å²) in [5.41, 5.74) is 0.753. The number of hydrogen-bond donors (Lipinski definition) is 1. The quantitative estimate of drug-likeness (QED) is 0.494. The Hall–Kier alpha value is -2.65. The van der Waals surface area contributed by atoms with Crippen LogP contribution >= 0.6 is 11.6 Å². The summed E-state index contributed by atoms with van der Waals surface area (Å²) < 4.78 is 39.6. The van der Waals surface area contributed by atoms with Gasteiger partial charge < -0.3 is 10.2 Å². The van der Waals surface area contributed by atoms with Crippen molar-refractivity contribution in [2.45, 2.75) is 52.2 Å². The molecular weight excluding hydrogens is 481 g/mol. The molecule has 7 nitrogen and oxygen atoms in total. The van der Waals surface area contributed by atoms with Crippen LogP contribution in [0.15, 0.2) is 48.5 Å². The zero-order valence-electron chi connectivity index (χ0n) is 19.8. The molecule has 0 aliphatic carbocycles. The fourth-order valence-electron chi connectivity index (χ4n) is 3.39. The monoisotopic (exact) mass is 511 g/mol. The molecule has 0 unspecified atom stereocenters. The molecule has 0 bridgehead atoms. The van der Waals surface area contributed by atoms with E-state index in [-0.39, 0.29) is 24.2 Å². The predicted octanol–water partition coefficient (Wildman–Crippen LogP) is 3.97. The van der Waals surface area contributed by atoms with Crippen molar-refractivity contribution in [3.8, 4) is 0 Å². The lowest BCUT2D eigenvalue weighted by Gasteiger charge is -2.33. The van der Waals surface area contributed by atoms with Crippen molar-refractivity contribution in [2.75, 3.05) is 17.1 Å². The van der Waals surface area contributed by atoms with Crippen molar-refractivity contribution in [1.29, 1.82) is 0 Å². The summed E-state index contributed by atoms with van der Waals surface area (Å²) in [5.74, 6) is -1.54. The third-order valence-electron chi connectivity index (χ3n) is 5.43. The molecule has 2 aromatic rings. The van der Waals surface area contributed by atoms with Crippen LogP contribution in [0, 0.1) is 5.82 Å². The van der Waals surface area contributed by atoms with E-state index in [9.17, 15) is 22.4 Å². The number of rotatable bonds is 11. The average molecular weight is 512 g/mol. The molecule has 1 N–H and O–H groups in total. The zero-order valence-corrected chi connectivity index (χ0v) is 21.4. The second-order valence-corrected chi connectivity index (χ2v) is 10.5. The number of carbonyl (C=O) groups excluding carboxylic acids is 2.